The van der Waals surface area contributed by atoms with Crippen molar-refractivity contribution in [3.05, 3.63) is 68.3 Å². The van der Waals surface area contributed by atoms with Gasteiger partial charge in [0, 0.05) is 12.3 Å². The number of aliphatic imine (C=N–C) groups is 1. The molecule has 2 rings (SSSR count). The van der Waals surface area contributed by atoms with Gasteiger partial charge in [0.05, 0.1) is 15.9 Å². The topological polar surface area (TPSA) is 119 Å². The third-order valence-corrected chi connectivity index (χ3v) is 2.61. The van der Waals surface area contributed by atoms with Gasteiger partial charge in [-0.15, -0.1) is 0 Å². The van der Waals surface area contributed by atoms with Crippen molar-refractivity contribution >= 4 is 23.3 Å². The molecule has 8 nitrogen and oxygen atoms in total. The summed E-state index contributed by atoms with van der Waals surface area (Å²) in [6.07, 6.45) is 1.35. The molecular formula is C13H9N3O5. The molecule has 0 aliphatic heterocycles. The second kappa shape index (κ2) is 5.78. The molecule has 0 aliphatic rings. The molecule has 2 aromatic rings. The molecule has 0 aliphatic carbocycles. The molecule has 0 heterocycles. The number of nitrogens with zero attached hydrogens (tertiary/aromatic N) is 3. The second-order valence-corrected chi connectivity index (χ2v) is 4.02. The summed E-state index contributed by atoms with van der Waals surface area (Å²) in [4.78, 5) is 23.8. The molecule has 106 valence electrons. The van der Waals surface area contributed by atoms with Crippen LogP contribution in [-0.4, -0.2) is 21.2 Å². The minimum Gasteiger partial charge on any atom is -0.501 e. The molecule has 2 aromatic carbocycles. The number of phenolic OH excluding ortho intramolecular Hbond substituents is 1. The van der Waals surface area contributed by atoms with Gasteiger partial charge in [-0.3, -0.25) is 25.2 Å². The van der Waals surface area contributed by atoms with Crippen LogP contribution < -0.4 is 0 Å². The first-order valence-corrected chi connectivity index (χ1v) is 5.74. The molecule has 0 aromatic heterocycles. The van der Waals surface area contributed by atoms with Crippen molar-refractivity contribution in [3.8, 4) is 5.75 Å². The molecule has 0 bridgehead atoms. The Morgan fingerprint density at radius 3 is 2.29 bits per heavy atom. The van der Waals surface area contributed by atoms with E-state index in [1.807, 2.05) is 0 Å². The zero-order valence-corrected chi connectivity index (χ0v) is 10.5. The van der Waals surface area contributed by atoms with Gasteiger partial charge in [0.2, 0.25) is 5.75 Å². The Hall–Kier alpha value is -3.29. The lowest BCUT2D eigenvalue weighted by atomic mass is 10.2. The summed E-state index contributed by atoms with van der Waals surface area (Å²) in [5.41, 5.74) is -0.824. The summed E-state index contributed by atoms with van der Waals surface area (Å²) in [7, 11) is 0. The van der Waals surface area contributed by atoms with Crippen molar-refractivity contribution in [3.63, 3.8) is 0 Å². The third kappa shape index (κ3) is 3.18. The third-order valence-electron chi connectivity index (χ3n) is 2.61. The van der Waals surface area contributed by atoms with Gasteiger partial charge in [-0.2, -0.15) is 0 Å². The van der Waals surface area contributed by atoms with E-state index in [0.717, 1.165) is 6.07 Å². The molecule has 0 saturated carbocycles. The number of rotatable bonds is 4. The van der Waals surface area contributed by atoms with E-state index in [9.17, 15) is 25.3 Å². The van der Waals surface area contributed by atoms with E-state index in [-0.39, 0.29) is 5.69 Å². The van der Waals surface area contributed by atoms with Crippen molar-refractivity contribution in [2.45, 2.75) is 0 Å². The number of hydrogen-bond donors (Lipinski definition) is 1. The van der Waals surface area contributed by atoms with Crippen LogP contribution in [0, 0.1) is 20.2 Å². The maximum absolute atomic E-state index is 10.8. The van der Waals surface area contributed by atoms with Crippen molar-refractivity contribution in [2.75, 3.05) is 0 Å². The summed E-state index contributed by atoms with van der Waals surface area (Å²) in [5.74, 6) is -0.710. The normalized spacial score (nSPS) is 10.7. The second-order valence-electron chi connectivity index (χ2n) is 4.02. The zero-order valence-electron chi connectivity index (χ0n) is 10.5. The number of nitro benzene ring substituents is 2. The highest BCUT2D eigenvalue weighted by Gasteiger charge is 2.23. The Kier molecular flexibility index (Phi) is 3.89. The maximum Gasteiger partial charge on any atom is 0.319 e. The summed E-state index contributed by atoms with van der Waals surface area (Å²) in [5, 5.41) is 31.3. The van der Waals surface area contributed by atoms with E-state index in [0.29, 0.717) is 11.6 Å². The summed E-state index contributed by atoms with van der Waals surface area (Å²) in [6, 6.07) is 10.4. The van der Waals surface area contributed by atoms with Gasteiger partial charge in [0.15, 0.2) is 0 Å². The number of aromatic hydroxyl groups is 1. The quantitative estimate of drug-likeness (QED) is 0.526. The minimum atomic E-state index is -0.899. The van der Waals surface area contributed by atoms with Crippen LogP contribution in [-0.2, 0) is 0 Å². The molecule has 21 heavy (non-hydrogen) atoms. The van der Waals surface area contributed by atoms with E-state index in [4.69, 9.17) is 0 Å². The Morgan fingerprint density at radius 2 is 1.71 bits per heavy atom. The van der Waals surface area contributed by atoms with Crippen LogP contribution in [0.25, 0.3) is 0 Å². The van der Waals surface area contributed by atoms with Gasteiger partial charge >= 0.3 is 5.69 Å². The van der Waals surface area contributed by atoms with E-state index >= 15 is 0 Å². The highest BCUT2D eigenvalue weighted by Crippen LogP contribution is 2.39. The molecule has 0 fully saturated rings. The average molecular weight is 287 g/mol. The lowest BCUT2D eigenvalue weighted by Gasteiger charge is -2.01. The molecule has 0 spiro atoms. The standard InChI is InChI=1S/C13H9N3O5/c17-13-11(14-8-9-4-2-1-3-5-9)6-10(15(18)19)7-12(13)16(20)21/h1-8,17H. The van der Waals surface area contributed by atoms with Gasteiger partial charge < -0.3 is 5.11 Å². The van der Waals surface area contributed by atoms with Crippen LogP contribution in [0.15, 0.2) is 47.5 Å². The first-order chi connectivity index (χ1) is 9.99. The molecular weight excluding hydrogens is 278 g/mol. The highest BCUT2D eigenvalue weighted by atomic mass is 16.6. The molecule has 0 amide bonds. The smallest absolute Gasteiger partial charge is 0.319 e. The van der Waals surface area contributed by atoms with E-state index in [1.165, 1.54) is 6.21 Å². The van der Waals surface area contributed by atoms with Gasteiger partial charge in [-0.25, -0.2) is 0 Å². The molecule has 0 atom stereocenters. The van der Waals surface area contributed by atoms with Gasteiger partial charge in [0.25, 0.3) is 5.69 Å². The Labute approximate surface area is 118 Å². The Morgan fingerprint density at radius 1 is 1.05 bits per heavy atom. The summed E-state index contributed by atoms with van der Waals surface area (Å²) >= 11 is 0. The van der Waals surface area contributed by atoms with E-state index < -0.39 is 27.0 Å². The first kappa shape index (κ1) is 14.1. The number of non-ortho nitro benzene ring substituents is 1. The molecule has 1 N–H and O–H groups in total. The average Bonchev–Trinajstić information content (AvgIpc) is 2.46. The number of nitro groups is 2. The highest BCUT2D eigenvalue weighted by molar-refractivity contribution is 5.83. The lowest BCUT2D eigenvalue weighted by molar-refractivity contribution is -0.394. The molecule has 0 saturated heterocycles. The maximum atomic E-state index is 10.8. The fourth-order valence-electron chi connectivity index (χ4n) is 1.62. The van der Waals surface area contributed by atoms with Gasteiger partial charge in [0.1, 0.15) is 5.69 Å². The fraction of sp³-hybridized carbons (Fsp3) is 0. The molecule has 8 heteroatoms. The Bertz CT molecular complexity index is 728. The van der Waals surface area contributed by atoms with E-state index in [2.05, 4.69) is 4.99 Å². The predicted molar refractivity (Wildman–Crippen MR) is 75.1 cm³/mol. The van der Waals surface area contributed by atoms with Crippen LogP contribution >= 0.6 is 0 Å². The van der Waals surface area contributed by atoms with Gasteiger partial charge in [-0.05, 0) is 5.56 Å². The predicted octanol–water partition coefficient (Wildman–Crippen LogP) is 2.96. The van der Waals surface area contributed by atoms with Crippen LogP contribution in [0.1, 0.15) is 5.56 Å². The van der Waals surface area contributed by atoms with Crippen LogP contribution in [0.4, 0.5) is 17.1 Å². The van der Waals surface area contributed by atoms with Crippen LogP contribution in [0.3, 0.4) is 0 Å². The number of benzene rings is 2. The van der Waals surface area contributed by atoms with E-state index in [1.54, 1.807) is 30.3 Å². The molecule has 0 unspecified atom stereocenters. The van der Waals surface area contributed by atoms with Crippen molar-refractivity contribution in [2.24, 2.45) is 4.99 Å². The van der Waals surface area contributed by atoms with Crippen LogP contribution in [0.5, 0.6) is 5.75 Å². The lowest BCUT2D eigenvalue weighted by Crippen LogP contribution is -1.93. The fourth-order valence-corrected chi connectivity index (χ4v) is 1.62. The number of phenols is 1. The zero-order chi connectivity index (χ0) is 15.4. The number of hydrogen-bond acceptors (Lipinski definition) is 6. The van der Waals surface area contributed by atoms with Gasteiger partial charge in [-0.1, -0.05) is 30.3 Å². The Balaban J connectivity index is 2.50. The SMILES string of the molecule is O=[N+]([O-])c1cc(N=Cc2ccccc2)c(O)c([N+](=O)[O-])c1. The summed E-state index contributed by atoms with van der Waals surface area (Å²) in [6.45, 7) is 0. The van der Waals surface area contributed by atoms with Crippen molar-refractivity contribution < 1.29 is 15.0 Å². The minimum absolute atomic E-state index is 0.236. The monoisotopic (exact) mass is 287 g/mol. The van der Waals surface area contributed by atoms with Crippen LogP contribution in [0.2, 0.25) is 0 Å². The molecule has 0 radical (unpaired) electrons. The van der Waals surface area contributed by atoms with Crippen molar-refractivity contribution in [1.29, 1.82) is 0 Å². The first-order valence-electron chi connectivity index (χ1n) is 5.74. The largest absolute Gasteiger partial charge is 0.501 e. The summed E-state index contributed by atoms with van der Waals surface area (Å²) < 4.78 is 0. The van der Waals surface area contributed by atoms with Crippen molar-refractivity contribution in [1.82, 2.24) is 0 Å².